The number of esters is 1. The number of carbonyl (C=O) groups excluding carboxylic acids is 1. The fourth-order valence-corrected chi connectivity index (χ4v) is 3.61. The molecule has 0 radical (unpaired) electrons. The Labute approximate surface area is 170 Å². The maximum atomic E-state index is 13.0. The van der Waals surface area contributed by atoms with Crippen molar-refractivity contribution in [3.05, 3.63) is 41.6 Å². The highest BCUT2D eigenvalue weighted by Crippen LogP contribution is 2.48. The number of aryl methyl sites for hydroxylation is 1. The summed E-state index contributed by atoms with van der Waals surface area (Å²) in [5.74, 6) is -0.726. The molecule has 1 aromatic carbocycles. The number of aromatic hydroxyl groups is 1. The Bertz CT molecular complexity index is 1110. The lowest BCUT2D eigenvalue weighted by Crippen LogP contribution is -2.24. The maximum Gasteiger partial charge on any atom is 0.416 e. The van der Waals surface area contributed by atoms with Crippen molar-refractivity contribution in [2.45, 2.75) is 39.4 Å². The van der Waals surface area contributed by atoms with Crippen LogP contribution in [-0.4, -0.2) is 32.4 Å². The number of carbonyl (C=O) groups is 1. The molecular weight excluding hydrogens is 399 g/mol. The van der Waals surface area contributed by atoms with Crippen molar-refractivity contribution in [3.63, 3.8) is 0 Å². The molecule has 0 amide bonds. The topological polar surface area (TPSA) is 77.2 Å². The van der Waals surface area contributed by atoms with Gasteiger partial charge in [-0.2, -0.15) is 18.3 Å². The Morgan fingerprint density at radius 2 is 2.03 bits per heavy atom. The second-order valence-corrected chi connectivity index (χ2v) is 7.62. The fraction of sp³-hybridized carbons (Fsp3) is 0.381. The minimum atomic E-state index is -4.55. The smallest absolute Gasteiger partial charge is 0.416 e. The first-order valence-corrected chi connectivity index (χ1v) is 9.55. The van der Waals surface area contributed by atoms with E-state index in [-0.39, 0.29) is 17.1 Å². The average Bonchev–Trinajstić information content (AvgIpc) is 3.32. The number of pyridine rings is 1. The minimum Gasteiger partial charge on any atom is -0.507 e. The molecule has 6 nitrogen and oxygen atoms in total. The lowest BCUT2D eigenvalue weighted by Gasteiger charge is -2.13. The Kier molecular flexibility index (Phi) is 4.71. The molecule has 30 heavy (non-hydrogen) atoms. The highest BCUT2D eigenvalue weighted by Gasteiger charge is 2.51. The Hall–Kier alpha value is -3.10. The van der Waals surface area contributed by atoms with E-state index in [2.05, 4.69) is 10.1 Å². The lowest BCUT2D eigenvalue weighted by molar-refractivity contribution is -0.150. The van der Waals surface area contributed by atoms with Crippen LogP contribution >= 0.6 is 0 Å². The fourth-order valence-electron chi connectivity index (χ4n) is 3.61. The number of ether oxygens (including phenoxy) is 1. The van der Waals surface area contributed by atoms with Crippen LogP contribution in [0.1, 0.15) is 30.9 Å². The lowest BCUT2D eigenvalue weighted by atomic mass is 10.00. The van der Waals surface area contributed by atoms with Crippen LogP contribution in [0.3, 0.4) is 0 Å². The van der Waals surface area contributed by atoms with Gasteiger partial charge in [-0.1, -0.05) is 0 Å². The first-order valence-electron chi connectivity index (χ1n) is 9.55. The molecule has 3 aromatic rings. The number of alkyl halides is 3. The molecule has 0 unspecified atom stereocenters. The molecule has 0 saturated heterocycles. The molecule has 0 atom stereocenters. The maximum absolute atomic E-state index is 13.0. The summed E-state index contributed by atoms with van der Waals surface area (Å²) in [5.41, 5.74) is -0.282. The zero-order chi connectivity index (χ0) is 21.7. The molecule has 2 aromatic heterocycles. The summed E-state index contributed by atoms with van der Waals surface area (Å²) in [4.78, 5) is 16.6. The van der Waals surface area contributed by atoms with E-state index in [1.54, 1.807) is 29.9 Å². The van der Waals surface area contributed by atoms with Gasteiger partial charge < -0.3 is 9.84 Å². The number of nitrogens with zero attached hydrogens (tertiary/aromatic N) is 3. The number of fused-ring (bicyclic) bond motifs is 1. The Morgan fingerprint density at radius 3 is 2.63 bits per heavy atom. The zero-order valence-electron chi connectivity index (χ0n) is 16.5. The van der Waals surface area contributed by atoms with Gasteiger partial charge in [0.15, 0.2) is 5.65 Å². The Balaban J connectivity index is 1.66. The number of phenols is 1. The van der Waals surface area contributed by atoms with Crippen LogP contribution in [0.15, 0.2) is 30.5 Å². The quantitative estimate of drug-likeness (QED) is 0.618. The molecule has 0 spiro atoms. The van der Waals surface area contributed by atoms with E-state index in [0.717, 1.165) is 24.3 Å². The van der Waals surface area contributed by atoms with E-state index >= 15 is 0 Å². The highest BCUT2D eigenvalue weighted by atomic mass is 19.4. The molecule has 158 valence electrons. The molecule has 0 aliphatic heterocycles. The normalized spacial score (nSPS) is 15.4. The summed E-state index contributed by atoms with van der Waals surface area (Å²) in [6, 6.07) is 5.04. The van der Waals surface area contributed by atoms with E-state index < -0.39 is 22.9 Å². The van der Waals surface area contributed by atoms with Gasteiger partial charge in [-0.15, -0.1) is 0 Å². The van der Waals surface area contributed by atoms with Crippen LogP contribution in [0.2, 0.25) is 0 Å². The van der Waals surface area contributed by atoms with Gasteiger partial charge in [0.05, 0.1) is 29.8 Å². The van der Waals surface area contributed by atoms with Crippen molar-refractivity contribution in [3.8, 4) is 17.0 Å². The van der Waals surface area contributed by atoms with Gasteiger partial charge in [0.1, 0.15) is 5.75 Å². The largest absolute Gasteiger partial charge is 0.507 e. The van der Waals surface area contributed by atoms with Crippen LogP contribution < -0.4 is 0 Å². The van der Waals surface area contributed by atoms with E-state index in [1.165, 1.54) is 6.92 Å². The zero-order valence-corrected chi connectivity index (χ0v) is 16.5. The number of halogens is 3. The average molecular weight is 419 g/mol. The molecule has 1 aliphatic rings. The number of aromatic nitrogens is 3. The highest BCUT2D eigenvalue weighted by molar-refractivity contribution is 5.81. The van der Waals surface area contributed by atoms with Crippen molar-refractivity contribution >= 4 is 17.0 Å². The number of phenolic OH excluding ortho intramolecular Hbond substituents is 1. The Morgan fingerprint density at radius 1 is 1.30 bits per heavy atom. The third kappa shape index (κ3) is 3.59. The summed E-state index contributed by atoms with van der Waals surface area (Å²) >= 11 is 0. The van der Waals surface area contributed by atoms with Gasteiger partial charge in [0.25, 0.3) is 0 Å². The number of hydrogen-bond donors (Lipinski definition) is 1. The van der Waals surface area contributed by atoms with Crippen molar-refractivity contribution in [1.29, 1.82) is 0 Å². The van der Waals surface area contributed by atoms with Crippen molar-refractivity contribution in [1.82, 2.24) is 14.8 Å². The van der Waals surface area contributed by atoms with Crippen LogP contribution in [0, 0.1) is 12.3 Å². The standard InChI is InChI=1S/C21H20F3N3O3/c1-3-30-19(29)20(6-7-20)11-27-10-13-4-5-15(25-18(13)26-27)17-12(2)8-14(9-16(17)28)21(22,23)24/h4-5,8-10,28H,3,6-7,11H2,1-2H3. The molecule has 1 aliphatic carbocycles. The van der Waals surface area contributed by atoms with Gasteiger partial charge >= 0.3 is 12.1 Å². The van der Waals surface area contributed by atoms with Gasteiger partial charge in [-0.05, 0) is 56.5 Å². The molecule has 1 saturated carbocycles. The van der Waals surface area contributed by atoms with Gasteiger partial charge in [0.2, 0.25) is 0 Å². The molecular formula is C21H20F3N3O3. The van der Waals surface area contributed by atoms with Crippen molar-refractivity contribution in [2.24, 2.45) is 5.41 Å². The molecule has 1 N–H and O–H groups in total. The summed E-state index contributed by atoms with van der Waals surface area (Å²) < 4.78 is 45.7. The van der Waals surface area contributed by atoms with Crippen LogP contribution in [0.25, 0.3) is 22.3 Å². The molecule has 9 heteroatoms. The second-order valence-electron chi connectivity index (χ2n) is 7.62. The number of benzene rings is 1. The predicted octanol–water partition coefficient (Wildman–Crippen LogP) is 4.47. The molecule has 2 heterocycles. The summed E-state index contributed by atoms with van der Waals surface area (Å²) in [6.07, 6.45) is -1.31. The van der Waals surface area contributed by atoms with Gasteiger partial charge in [0, 0.05) is 17.1 Å². The first kappa shape index (κ1) is 20.2. The van der Waals surface area contributed by atoms with Crippen LogP contribution in [0.4, 0.5) is 13.2 Å². The number of hydrogen-bond acceptors (Lipinski definition) is 5. The molecule has 0 bridgehead atoms. The van der Waals surface area contributed by atoms with Crippen molar-refractivity contribution in [2.75, 3.05) is 6.61 Å². The molecule has 4 rings (SSSR count). The summed E-state index contributed by atoms with van der Waals surface area (Å²) in [7, 11) is 0. The van der Waals surface area contributed by atoms with Crippen molar-refractivity contribution < 1.29 is 27.8 Å². The SMILES string of the molecule is CCOC(=O)C1(Cn2cc3ccc(-c4c(C)cc(C(F)(F)F)cc4O)nc3n2)CC1. The third-order valence-electron chi connectivity index (χ3n) is 5.34. The van der Waals surface area contributed by atoms with E-state index in [0.29, 0.717) is 30.6 Å². The van der Waals surface area contributed by atoms with E-state index in [1.807, 2.05) is 0 Å². The molecule has 1 fully saturated rings. The minimum absolute atomic E-state index is 0.227. The summed E-state index contributed by atoms with van der Waals surface area (Å²) in [5, 5.41) is 15.4. The third-order valence-corrected chi connectivity index (χ3v) is 5.34. The summed E-state index contributed by atoms with van der Waals surface area (Å²) in [6.45, 7) is 3.95. The second kappa shape index (κ2) is 7.00. The van der Waals surface area contributed by atoms with Crippen LogP contribution in [0.5, 0.6) is 5.75 Å². The van der Waals surface area contributed by atoms with E-state index in [4.69, 9.17) is 4.74 Å². The predicted molar refractivity (Wildman–Crippen MR) is 103 cm³/mol. The first-order chi connectivity index (χ1) is 14.1. The van der Waals surface area contributed by atoms with Crippen LogP contribution in [-0.2, 0) is 22.3 Å². The number of rotatable bonds is 5. The van der Waals surface area contributed by atoms with Gasteiger partial charge in [-0.3, -0.25) is 9.48 Å². The monoisotopic (exact) mass is 419 g/mol. The van der Waals surface area contributed by atoms with E-state index in [9.17, 15) is 23.1 Å². The van der Waals surface area contributed by atoms with Gasteiger partial charge in [-0.25, -0.2) is 4.98 Å².